The SMILES string of the molecule is CCN1CCN(C(=O)Nc2ccc(F)c(Cl)c2)CC1.CCN1CCNCC1.Nc1ccc(F)c(Cl)c1. The van der Waals surface area contributed by atoms with E-state index in [1.165, 1.54) is 69.1 Å². The number of amides is 2. The number of rotatable bonds is 3. The fourth-order valence-electron chi connectivity index (χ4n) is 3.58. The molecular weight excluding hydrogens is 509 g/mol. The highest BCUT2D eigenvalue weighted by Crippen LogP contribution is 2.20. The summed E-state index contributed by atoms with van der Waals surface area (Å²) in [7, 11) is 0. The quantitative estimate of drug-likeness (QED) is 0.491. The highest BCUT2D eigenvalue weighted by molar-refractivity contribution is 6.31. The van der Waals surface area contributed by atoms with Gasteiger partial charge in [-0.25, -0.2) is 13.6 Å². The van der Waals surface area contributed by atoms with Crippen molar-refractivity contribution in [2.75, 3.05) is 76.5 Å². The molecule has 2 aromatic rings. The number of urea groups is 1. The van der Waals surface area contributed by atoms with Gasteiger partial charge in [0.2, 0.25) is 0 Å². The molecule has 4 N–H and O–H groups in total. The minimum Gasteiger partial charge on any atom is -0.399 e. The summed E-state index contributed by atoms with van der Waals surface area (Å²) in [6.45, 7) is 14.5. The van der Waals surface area contributed by atoms with E-state index in [9.17, 15) is 13.6 Å². The lowest BCUT2D eigenvalue weighted by atomic mass is 10.3. The molecule has 2 saturated heterocycles. The van der Waals surface area contributed by atoms with Crippen molar-refractivity contribution in [3.8, 4) is 0 Å². The van der Waals surface area contributed by atoms with E-state index in [1.54, 1.807) is 4.90 Å². The Kier molecular flexibility index (Phi) is 13.2. The standard InChI is InChI=1S/C13H17ClFN3O.C6H5ClFN.C6H14N2/c1-2-17-5-7-18(8-6-17)13(19)16-10-3-4-12(15)11(14)9-10;7-5-3-4(9)1-2-6(5)8;1-2-8-5-3-7-4-6-8/h3-4,9H,2,5-8H2,1H3,(H,16,19);1-3H,9H2;7H,2-6H2,1H3. The van der Waals surface area contributed by atoms with Gasteiger partial charge in [0.15, 0.2) is 0 Å². The summed E-state index contributed by atoms with van der Waals surface area (Å²) in [6, 6.07) is 8.06. The summed E-state index contributed by atoms with van der Waals surface area (Å²) in [5.41, 5.74) is 6.26. The van der Waals surface area contributed by atoms with Crippen LogP contribution in [0.2, 0.25) is 10.0 Å². The molecule has 2 fully saturated rings. The number of nitrogen functional groups attached to an aromatic ring is 1. The average Bonchev–Trinajstić information content (AvgIpc) is 2.90. The number of piperazine rings is 2. The third-order valence-electron chi connectivity index (χ3n) is 5.88. The highest BCUT2D eigenvalue weighted by atomic mass is 35.5. The number of hydrogen-bond acceptors (Lipinski definition) is 5. The molecule has 36 heavy (non-hydrogen) atoms. The molecule has 2 heterocycles. The molecule has 0 spiro atoms. The van der Waals surface area contributed by atoms with E-state index in [0.29, 0.717) is 24.5 Å². The van der Waals surface area contributed by atoms with Crippen LogP contribution in [0.5, 0.6) is 0 Å². The maximum absolute atomic E-state index is 13.0. The van der Waals surface area contributed by atoms with E-state index in [4.69, 9.17) is 28.9 Å². The van der Waals surface area contributed by atoms with Crippen LogP contribution in [0.1, 0.15) is 13.8 Å². The number of halogens is 4. The van der Waals surface area contributed by atoms with Crippen LogP contribution >= 0.6 is 23.2 Å². The van der Waals surface area contributed by atoms with Gasteiger partial charge in [-0.1, -0.05) is 37.0 Å². The minimum absolute atomic E-state index is 0.00797. The lowest BCUT2D eigenvalue weighted by Gasteiger charge is -2.33. The number of nitrogens with zero attached hydrogens (tertiary/aromatic N) is 3. The van der Waals surface area contributed by atoms with Crippen molar-refractivity contribution in [3.63, 3.8) is 0 Å². The molecule has 2 aromatic carbocycles. The second-order valence-electron chi connectivity index (χ2n) is 8.34. The van der Waals surface area contributed by atoms with E-state index in [2.05, 4.69) is 34.3 Å². The van der Waals surface area contributed by atoms with Gasteiger partial charge >= 0.3 is 6.03 Å². The first-order valence-electron chi connectivity index (χ1n) is 12.1. The van der Waals surface area contributed by atoms with Crippen molar-refractivity contribution >= 4 is 40.6 Å². The second-order valence-corrected chi connectivity index (χ2v) is 9.15. The third kappa shape index (κ3) is 10.4. The van der Waals surface area contributed by atoms with Crippen molar-refractivity contribution in [1.29, 1.82) is 0 Å². The van der Waals surface area contributed by atoms with Crippen molar-refractivity contribution in [2.45, 2.75) is 13.8 Å². The Morgan fingerprint density at radius 3 is 1.89 bits per heavy atom. The van der Waals surface area contributed by atoms with Crippen LogP contribution < -0.4 is 16.4 Å². The number of nitrogens with one attached hydrogen (secondary N) is 2. The lowest BCUT2D eigenvalue weighted by molar-refractivity contribution is 0.151. The van der Waals surface area contributed by atoms with E-state index < -0.39 is 11.6 Å². The lowest BCUT2D eigenvalue weighted by Crippen LogP contribution is -2.49. The van der Waals surface area contributed by atoms with Gasteiger partial charge in [-0.2, -0.15) is 0 Å². The van der Waals surface area contributed by atoms with E-state index in [0.717, 1.165) is 19.6 Å². The highest BCUT2D eigenvalue weighted by Gasteiger charge is 2.20. The summed E-state index contributed by atoms with van der Waals surface area (Å²) in [4.78, 5) is 18.5. The predicted molar refractivity (Wildman–Crippen MR) is 145 cm³/mol. The van der Waals surface area contributed by atoms with E-state index in [-0.39, 0.29) is 16.1 Å². The van der Waals surface area contributed by atoms with Crippen LogP contribution in [0.15, 0.2) is 36.4 Å². The molecule has 2 aliphatic rings. The van der Waals surface area contributed by atoms with Gasteiger partial charge < -0.3 is 31.1 Å². The van der Waals surface area contributed by atoms with E-state index in [1.807, 2.05) is 0 Å². The zero-order valence-corrected chi connectivity index (χ0v) is 22.4. The Morgan fingerprint density at radius 2 is 1.42 bits per heavy atom. The smallest absolute Gasteiger partial charge is 0.321 e. The Labute approximate surface area is 222 Å². The van der Waals surface area contributed by atoms with Gasteiger partial charge in [-0.15, -0.1) is 0 Å². The molecule has 7 nitrogen and oxygen atoms in total. The normalized spacial score (nSPS) is 16.3. The summed E-state index contributed by atoms with van der Waals surface area (Å²) in [5.74, 6) is -0.929. The number of nitrogens with two attached hydrogens (primary N) is 1. The number of hydrogen-bond donors (Lipinski definition) is 3. The molecule has 0 atom stereocenters. The zero-order chi connectivity index (χ0) is 26.5. The first-order chi connectivity index (χ1) is 17.2. The van der Waals surface area contributed by atoms with Crippen molar-refractivity contribution < 1.29 is 13.6 Å². The molecule has 2 amide bonds. The van der Waals surface area contributed by atoms with Crippen LogP contribution in [-0.2, 0) is 0 Å². The van der Waals surface area contributed by atoms with Crippen LogP contribution in [0.3, 0.4) is 0 Å². The van der Waals surface area contributed by atoms with Gasteiger partial charge in [0.05, 0.1) is 10.0 Å². The Hall–Kier alpha value is -2.17. The average molecular weight is 546 g/mol. The summed E-state index contributed by atoms with van der Waals surface area (Å²) < 4.78 is 25.3. The van der Waals surface area contributed by atoms with E-state index >= 15 is 0 Å². The number of benzene rings is 2. The molecule has 0 aromatic heterocycles. The van der Waals surface area contributed by atoms with Crippen LogP contribution in [0.25, 0.3) is 0 Å². The van der Waals surface area contributed by atoms with Gasteiger partial charge in [0.1, 0.15) is 11.6 Å². The molecule has 200 valence electrons. The van der Waals surface area contributed by atoms with Crippen molar-refractivity contribution in [2.24, 2.45) is 0 Å². The monoisotopic (exact) mass is 544 g/mol. The number of anilines is 2. The molecule has 11 heteroatoms. The largest absolute Gasteiger partial charge is 0.399 e. The van der Waals surface area contributed by atoms with Gasteiger partial charge in [-0.05, 0) is 49.5 Å². The van der Waals surface area contributed by atoms with Crippen molar-refractivity contribution in [1.82, 2.24) is 20.0 Å². The number of carbonyl (C=O) groups excluding carboxylic acids is 1. The molecule has 4 rings (SSSR count). The van der Waals surface area contributed by atoms with Gasteiger partial charge in [0, 0.05) is 63.7 Å². The Morgan fingerprint density at radius 1 is 0.889 bits per heavy atom. The Bertz CT molecular complexity index is 954. The zero-order valence-electron chi connectivity index (χ0n) is 20.9. The molecule has 0 aliphatic carbocycles. The fraction of sp³-hybridized carbons (Fsp3) is 0.480. The first kappa shape index (κ1) is 30.1. The maximum atomic E-state index is 13.0. The topological polar surface area (TPSA) is 76.9 Å². The van der Waals surface area contributed by atoms with Crippen LogP contribution in [0, 0.1) is 11.6 Å². The summed E-state index contributed by atoms with van der Waals surface area (Å²) in [5, 5.41) is 6.11. The Balaban J connectivity index is 0.000000221. The molecule has 0 radical (unpaired) electrons. The summed E-state index contributed by atoms with van der Waals surface area (Å²) in [6.07, 6.45) is 0. The van der Waals surface area contributed by atoms with Gasteiger partial charge in [0.25, 0.3) is 0 Å². The second kappa shape index (κ2) is 15.8. The van der Waals surface area contributed by atoms with Crippen LogP contribution in [0.4, 0.5) is 25.0 Å². The molecule has 0 bridgehead atoms. The predicted octanol–water partition coefficient (Wildman–Crippen LogP) is 4.62. The maximum Gasteiger partial charge on any atom is 0.321 e. The van der Waals surface area contributed by atoms with Crippen molar-refractivity contribution in [3.05, 3.63) is 58.1 Å². The summed E-state index contributed by atoms with van der Waals surface area (Å²) >= 11 is 11.0. The fourth-order valence-corrected chi connectivity index (χ4v) is 3.95. The molecule has 2 aliphatic heterocycles. The third-order valence-corrected chi connectivity index (χ3v) is 6.46. The molecule has 0 unspecified atom stereocenters. The first-order valence-corrected chi connectivity index (χ1v) is 12.9. The molecule has 0 saturated carbocycles. The molecular formula is C25H36Cl2F2N6O. The number of carbonyl (C=O) groups is 1. The minimum atomic E-state index is -0.490. The van der Waals surface area contributed by atoms with Crippen LogP contribution in [-0.4, -0.2) is 86.2 Å². The van der Waals surface area contributed by atoms with Gasteiger partial charge in [-0.3, -0.25) is 0 Å². The number of likely N-dealkylation sites (N-methyl/N-ethyl adjacent to an activating group) is 2.